The molecule has 1 aromatic carbocycles. The number of nitrogens with one attached hydrogen (secondary N) is 2. The van der Waals surface area contributed by atoms with Crippen LogP contribution in [0.3, 0.4) is 0 Å². The summed E-state index contributed by atoms with van der Waals surface area (Å²) in [7, 11) is 0. The number of fused-ring (bicyclic) bond motifs is 3. The van der Waals surface area contributed by atoms with Crippen molar-refractivity contribution < 1.29 is 4.79 Å². The molecular formula is C18H19N3O. The first kappa shape index (κ1) is 13.3. The van der Waals surface area contributed by atoms with Gasteiger partial charge in [-0.3, -0.25) is 4.98 Å². The Morgan fingerprint density at radius 1 is 1.23 bits per heavy atom. The van der Waals surface area contributed by atoms with E-state index in [-0.39, 0.29) is 12.1 Å². The van der Waals surface area contributed by atoms with Gasteiger partial charge in [0.1, 0.15) is 0 Å². The first-order valence-electron chi connectivity index (χ1n) is 7.84. The molecule has 2 amide bonds. The monoisotopic (exact) mass is 293 g/mol. The molecule has 3 atom stereocenters. The number of urea groups is 1. The zero-order valence-electron chi connectivity index (χ0n) is 12.3. The van der Waals surface area contributed by atoms with Crippen LogP contribution in [0.1, 0.15) is 29.0 Å². The van der Waals surface area contributed by atoms with Gasteiger partial charge in [-0.05, 0) is 41.5 Å². The van der Waals surface area contributed by atoms with Gasteiger partial charge < -0.3 is 10.6 Å². The largest absolute Gasteiger partial charge is 0.334 e. The fraction of sp³-hybridized carbons (Fsp3) is 0.333. The number of carbonyl (C=O) groups excluding carboxylic acids is 1. The molecule has 2 aliphatic carbocycles. The van der Waals surface area contributed by atoms with Crippen LogP contribution in [0.25, 0.3) is 0 Å². The Balaban J connectivity index is 1.35. The van der Waals surface area contributed by atoms with Crippen molar-refractivity contribution in [3.05, 3.63) is 65.5 Å². The van der Waals surface area contributed by atoms with Crippen LogP contribution >= 0.6 is 0 Å². The molecule has 4 heteroatoms. The number of pyridine rings is 1. The molecule has 0 unspecified atom stereocenters. The van der Waals surface area contributed by atoms with Crippen LogP contribution in [0.2, 0.25) is 0 Å². The number of aryl methyl sites for hydroxylation is 1. The molecule has 0 radical (unpaired) electrons. The molecule has 1 heterocycles. The predicted octanol–water partition coefficient (Wildman–Crippen LogP) is 2.61. The van der Waals surface area contributed by atoms with Crippen LogP contribution < -0.4 is 10.6 Å². The number of benzene rings is 1. The third-order valence-corrected chi connectivity index (χ3v) is 4.80. The lowest BCUT2D eigenvalue weighted by Crippen LogP contribution is -2.37. The van der Waals surface area contributed by atoms with E-state index in [4.69, 9.17) is 0 Å². The molecule has 1 saturated carbocycles. The van der Waals surface area contributed by atoms with E-state index in [0.717, 1.165) is 12.0 Å². The number of hydrogen-bond acceptors (Lipinski definition) is 2. The van der Waals surface area contributed by atoms with Gasteiger partial charge >= 0.3 is 6.03 Å². The van der Waals surface area contributed by atoms with Gasteiger partial charge in [0, 0.05) is 30.9 Å². The minimum Gasteiger partial charge on any atom is -0.334 e. The van der Waals surface area contributed by atoms with E-state index in [1.54, 1.807) is 12.4 Å². The minimum absolute atomic E-state index is 0.0827. The highest BCUT2D eigenvalue weighted by Crippen LogP contribution is 2.54. The Bertz CT molecular complexity index is 686. The number of nitrogens with zero attached hydrogens (tertiary/aromatic N) is 1. The second-order valence-corrected chi connectivity index (χ2v) is 6.14. The molecule has 4 rings (SSSR count). The molecular weight excluding hydrogens is 274 g/mol. The SMILES string of the molecule is O=C(NCc1cccnc1)N[C@@H]1[C@H]2CCc3ccccc3[C@H]21. The highest BCUT2D eigenvalue weighted by atomic mass is 16.2. The summed E-state index contributed by atoms with van der Waals surface area (Å²) in [6.45, 7) is 0.512. The van der Waals surface area contributed by atoms with Crippen LogP contribution in [-0.2, 0) is 13.0 Å². The van der Waals surface area contributed by atoms with Gasteiger partial charge in [-0.25, -0.2) is 4.79 Å². The van der Waals surface area contributed by atoms with Crippen LogP contribution in [0.5, 0.6) is 0 Å². The third-order valence-electron chi connectivity index (χ3n) is 4.80. The molecule has 2 aromatic rings. The first-order valence-corrected chi connectivity index (χ1v) is 7.84. The molecule has 2 aliphatic rings. The summed E-state index contributed by atoms with van der Waals surface area (Å²) >= 11 is 0. The van der Waals surface area contributed by atoms with Crippen molar-refractivity contribution in [2.75, 3.05) is 0 Å². The van der Waals surface area contributed by atoms with Crippen molar-refractivity contribution in [2.24, 2.45) is 5.92 Å². The van der Waals surface area contributed by atoms with Gasteiger partial charge in [-0.1, -0.05) is 30.3 Å². The summed E-state index contributed by atoms with van der Waals surface area (Å²) in [6, 6.07) is 12.7. The summed E-state index contributed by atoms with van der Waals surface area (Å²) in [4.78, 5) is 16.1. The van der Waals surface area contributed by atoms with E-state index in [1.165, 1.54) is 17.5 Å². The van der Waals surface area contributed by atoms with Crippen molar-refractivity contribution >= 4 is 6.03 Å². The van der Waals surface area contributed by atoms with Crippen LogP contribution in [0.4, 0.5) is 4.79 Å². The molecule has 2 N–H and O–H groups in total. The minimum atomic E-state index is -0.0827. The molecule has 0 spiro atoms. The summed E-state index contributed by atoms with van der Waals surface area (Å²) in [5.41, 5.74) is 3.89. The van der Waals surface area contributed by atoms with Gasteiger partial charge in [0.2, 0.25) is 0 Å². The number of hydrogen-bond donors (Lipinski definition) is 2. The second kappa shape index (κ2) is 5.44. The molecule has 1 fully saturated rings. The van der Waals surface area contributed by atoms with Gasteiger partial charge in [0.25, 0.3) is 0 Å². The Hall–Kier alpha value is -2.36. The maximum absolute atomic E-state index is 12.1. The lowest BCUT2D eigenvalue weighted by atomic mass is 9.92. The zero-order valence-corrected chi connectivity index (χ0v) is 12.3. The molecule has 0 saturated heterocycles. The molecule has 112 valence electrons. The van der Waals surface area contributed by atoms with Gasteiger partial charge in [-0.15, -0.1) is 0 Å². The normalized spacial score (nSPS) is 24.8. The van der Waals surface area contributed by atoms with Crippen LogP contribution in [0, 0.1) is 5.92 Å². The maximum atomic E-state index is 12.1. The van der Waals surface area contributed by atoms with Crippen molar-refractivity contribution in [3.63, 3.8) is 0 Å². The standard InChI is InChI=1S/C18H19N3O/c22-18(20-11-12-4-3-9-19-10-12)21-17-15-8-7-13-5-1-2-6-14(13)16(15)17/h1-6,9-10,15-17H,7-8,11H2,(H2,20,21,22)/t15-,16+,17+/m0/s1. The average Bonchev–Trinajstić information content (AvgIpc) is 3.27. The average molecular weight is 293 g/mol. The van der Waals surface area contributed by atoms with Gasteiger partial charge in [-0.2, -0.15) is 0 Å². The smallest absolute Gasteiger partial charge is 0.315 e. The van der Waals surface area contributed by atoms with Crippen molar-refractivity contribution in [3.8, 4) is 0 Å². The molecule has 0 bridgehead atoms. The summed E-state index contributed by atoms with van der Waals surface area (Å²) in [5, 5.41) is 6.05. The van der Waals surface area contributed by atoms with Gasteiger partial charge in [0.05, 0.1) is 0 Å². The number of carbonyl (C=O) groups is 1. The number of amides is 2. The predicted molar refractivity (Wildman–Crippen MR) is 84.4 cm³/mol. The van der Waals surface area contributed by atoms with Crippen molar-refractivity contribution in [1.82, 2.24) is 15.6 Å². The van der Waals surface area contributed by atoms with E-state index in [2.05, 4.69) is 39.9 Å². The Labute approximate surface area is 130 Å². The molecule has 0 aliphatic heterocycles. The molecule has 4 nitrogen and oxygen atoms in total. The Kier molecular flexibility index (Phi) is 3.29. The van der Waals surface area contributed by atoms with E-state index in [9.17, 15) is 4.79 Å². The van der Waals surface area contributed by atoms with Crippen molar-refractivity contribution in [2.45, 2.75) is 31.3 Å². The van der Waals surface area contributed by atoms with E-state index < -0.39 is 0 Å². The topological polar surface area (TPSA) is 54.0 Å². The quantitative estimate of drug-likeness (QED) is 0.914. The summed E-state index contributed by atoms with van der Waals surface area (Å²) in [6.07, 6.45) is 5.81. The lowest BCUT2D eigenvalue weighted by Gasteiger charge is -2.13. The highest BCUT2D eigenvalue weighted by Gasteiger charge is 2.53. The third kappa shape index (κ3) is 2.45. The number of aromatic nitrogens is 1. The summed E-state index contributed by atoms with van der Waals surface area (Å²) < 4.78 is 0. The molecule has 1 aromatic heterocycles. The van der Waals surface area contributed by atoms with Crippen LogP contribution in [0.15, 0.2) is 48.8 Å². The van der Waals surface area contributed by atoms with E-state index >= 15 is 0 Å². The lowest BCUT2D eigenvalue weighted by molar-refractivity contribution is 0.239. The highest BCUT2D eigenvalue weighted by molar-refractivity contribution is 5.75. The Morgan fingerprint density at radius 3 is 3.00 bits per heavy atom. The zero-order chi connectivity index (χ0) is 14.9. The van der Waals surface area contributed by atoms with Crippen LogP contribution in [-0.4, -0.2) is 17.1 Å². The van der Waals surface area contributed by atoms with E-state index in [1.807, 2.05) is 12.1 Å². The Morgan fingerprint density at radius 2 is 2.14 bits per heavy atom. The molecule has 22 heavy (non-hydrogen) atoms. The first-order chi connectivity index (χ1) is 10.8. The fourth-order valence-electron chi connectivity index (χ4n) is 3.65. The second-order valence-electron chi connectivity index (χ2n) is 6.14. The number of rotatable bonds is 3. The van der Waals surface area contributed by atoms with Crippen molar-refractivity contribution in [1.29, 1.82) is 0 Å². The van der Waals surface area contributed by atoms with Gasteiger partial charge in [0.15, 0.2) is 0 Å². The van der Waals surface area contributed by atoms with E-state index in [0.29, 0.717) is 18.4 Å². The maximum Gasteiger partial charge on any atom is 0.315 e. The summed E-state index contributed by atoms with van der Waals surface area (Å²) in [5.74, 6) is 1.12. The fourth-order valence-corrected chi connectivity index (χ4v) is 3.65.